The lowest BCUT2D eigenvalue weighted by molar-refractivity contribution is 0.132. The van der Waals surface area contributed by atoms with E-state index in [1.807, 2.05) is 42.5 Å². The normalized spacial score (nSPS) is 10.6. The zero-order chi connectivity index (χ0) is 19.8. The second-order valence-corrected chi connectivity index (χ2v) is 7.41. The fraction of sp³-hybridized carbons (Fsp3) is 0.130. The van der Waals surface area contributed by atoms with Crippen LogP contribution in [0.2, 0.25) is 0 Å². The molecule has 0 saturated heterocycles. The summed E-state index contributed by atoms with van der Waals surface area (Å²) in [4.78, 5) is 5.34. The molecule has 0 unspecified atom stereocenters. The van der Waals surface area contributed by atoms with Gasteiger partial charge in [0.25, 0.3) is 0 Å². The number of aryl methyl sites for hydroxylation is 1. The average Bonchev–Trinajstić information content (AvgIpc) is 2.71. The Balaban J connectivity index is 1.56. The SMILES string of the molecule is Cc1cccc(COc2ccc(/C=N\OCc3ccccc3C#N)cc2I)c1. The van der Waals surface area contributed by atoms with Crippen molar-refractivity contribution in [2.45, 2.75) is 20.1 Å². The van der Waals surface area contributed by atoms with E-state index in [1.165, 1.54) is 5.56 Å². The van der Waals surface area contributed by atoms with Crippen molar-refractivity contribution < 1.29 is 9.57 Å². The van der Waals surface area contributed by atoms with Gasteiger partial charge in [-0.15, -0.1) is 0 Å². The van der Waals surface area contributed by atoms with Gasteiger partial charge in [0.2, 0.25) is 0 Å². The summed E-state index contributed by atoms with van der Waals surface area (Å²) in [5.74, 6) is 0.836. The molecule has 5 heteroatoms. The molecule has 0 radical (unpaired) electrons. The molecular formula is C23H19IN2O2. The number of benzene rings is 3. The van der Waals surface area contributed by atoms with E-state index in [2.05, 4.69) is 58.9 Å². The standard InChI is InChI=1S/C23H19IN2O2/c1-17-5-4-6-19(11-17)15-27-23-10-9-18(12-22(23)24)14-26-28-16-21-8-3-2-7-20(21)13-25/h2-12,14H,15-16H2,1H3/b26-14-. The van der Waals surface area contributed by atoms with Crippen molar-refractivity contribution in [3.8, 4) is 11.8 Å². The van der Waals surface area contributed by atoms with E-state index >= 15 is 0 Å². The molecule has 0 heterocycles. The number of rotatable bonds is 7. The summed E-state index contributed by atoms with van der Waals surface area (Å²) in [7, 11) is 0. The summed E-state index contributed by atoms with van der Waals surface area (Å²) in [6, 6.07) is 23.6. The van der Waals surface area contributed by atoms with E-state index in [-0.39, 0.29) is 6.61 Å². The number of nitriles is 1. The van der Waals surface area contributed by atoms with Crippen LogP contribution in [-0.4, -0.2) is 6.21 Å². The lowest BCUT2D eigenvalue weighted by Gasteiger charge is -2.09. The number of halogens is 1. The second kappa shape index (κ2) is 9.90. The second-order valence-electron chi connectivity index (χ2n) is 6.24. The fourth-order valence-corrected chi connectivity index (χ4v) is 3.33. The Morgan fingerprint density at radius 2 is 1.89 bits per heavy atom. The molecule has 0 fully saturated rings. The lowest BCUT2D eigenvalue weighted by Crippen LogP contribution is -1.98. The highest BCUT2D eigenvalue weighted by Crippen LogP contribution is 2.23. The van der Waals surface area contributed by atoms with Gasteiger partial charge in [0.1, 0.15) is 19.0 Å². The molecule has 4 nitrogen and oxygen atoms in total. The molecule has 3 aromatic rings. The minimum absolute atomic E-state index is 0.259. The molecule has 3 rings (SSSR count). The van der Waals surface area contributed by atoms with Gasteiger partial charge in [0, 0.05) is 5.56 Å². The number of hydrogen-bond donors (Lipinski definition) is 0. The molecule has 0 bridgehead atoms. The Kier molecular flexibility index (Phi) is 7.04. The van der Waals surface area contributed by atoms with Crippen LogP contribution in [0.3, 0.4) is 0 Å². The van der Waals surface area contributed by atoms with Crippen LogP contribution in [0, 0.1) is 21.8 Å². The third-order valence-corrected chi connectivity index (χ3v) is 4.91. The molecular weight excluding hydrogens is 463 g/mol. The summed E-state index contributed by atoms with van der Waals surface area (Å²) in [6.07, 6.45) is 1.65. The van der Waals surface area contributed by atoms with Crippen LogP contribution in [0.4, 0.5) is 0 Å². The molecule has 0 atom stereocenters. The molecule has 0 amide bonds. The zero-order valence-corrected chi connectivity index (χ0v) is 17.6. The van der Waals surface area contributed by atoms with Gasteiger partial charge >= 0.3 is 0 Å². The summed E-state index contributed by atoms with van der Waals surface area (Å²) in [6.45, 7) is 2.86. The minimum atomic E-state index is 0.259. The smallest absolute Gasteiger partial charge is 0.143 e. The van der Waals surface area contributed by atoms with E-state index in [0.29, 0.717) is 12.2 Å². The molecule has 0 aliphatic rings. The topological polar surface area (TPSA) is 54.6 Å². The maximum Gasteiger partial charge on any atom is 0.143 e. The van der Waals surface area contributed by atoms with Gasteiger partial charge in [-0.25, -0.2) is 0 Å². The Hall–Kier alpha value is -2.85. The molecule has 3 aromatic carbocycles. The first kappa shape index (κ1) is 19.9. The summed E-state index contributed by atoms with van der Waals surface area (Å²) >= 11 is 2.25. The van der Waals surface area contributed by atoms with E-state index < -0.39 is 0 Å². The summed E-state index contributed by atoms with van der Waals surface area (Å²) in [5.41, 5.74) is 4.70. The molecule has 140 valence electrons. The summed E-state index contributed by atoms with van der Waals surface area (Å²) in [5, 5.41) is 13.1. The average molecular weight is 482 g/mol. The number of ether oxygens (including phenoxy) is 1. The van der Waals surface area contributed by atoms with Crippen LogP contribution < -0.4 is 4.74 Å². The first-order chi connectivity index (χ1) is 13.7. The van der Waals surface area contributed by atoms with Gasteiger partial charge in [-0.1, -0.05) is 53.2 Å². The molecule has 0 aliphatic carbocycles. The highest BCUT2D eigenvalue weighted by Gasteiger charge is 2.04. The zero-order valence-electron chi connectivity index (χ0n) is 15.4. The Bertz CT molecular complexity index is 1030. The number of hydrogen-bond acceptors (Lipinski definition) is 4. The van der Waals surface area contributed by atoms with Gasteiger partial charge in [0.05, 0.1) is 21.4 Å². The van der Waals surface area contributed by atoms with Gasteiger partial charge in [-0.2, -0.15) is 5.26 Å². The van der Waals surface area contributed by atoms with Crippen molar-refractivity contribution in [2.75, 3.05) is 0 Å². The van der Waals surface area contributed by atoms with Crippen molar-refractivity contribution in [1.82, 2.24) is 0 Å². The van der Waals surface area contributed by atoms with Crippen LogP contribution in [0.15, 0.2) is 71.9 Å². The lowest BCUT2D eigenvalue weighted by atomic mass is 10.1. The highest BCUT2D eigenvalue weighted by atomic mass is 127. The molecule has 0 N–H and O–H groups in total. The van der Waals surface area contributed by atoms with Crippen molar-refractivity contribution in [3.05, 3.63) is 98.1 Å². The van der Waals surface area contributed by atoms with Crippen LogP contribution in [0.1, 0.15) is 27.8 Å². The fourth-order valence-electron chi connectivity index (χ4n) is 2.64. The molecule has 28 heavy (non-hydrogen) atoms. The largest absolute Gasteiger partial charge is 0.488 e. The quantitative estimate of drug-likeness (QED) is 0.250. The van der Waals surface area contributed by atoms with Crippen LogP contribution in [0.25, 0.3) is 0 Å². The van der Waals surface area contributed by atoms with E-state index in [4.69, 9.17) is 14.8 Å². The van der Waals surface area contributed by atoms with E-state index in [1.54, 1.807) is 12.3 Å². The first-order valence-electron chi connectivity index (χ1n) is 8.77. The maximum absolute atomic E-state index is 9.08. The van der Waals surface area contributed by atoms with Crippen LogP contribution in [0.5, 0.6) is 5.75 Å². The Morgan fingerprint density at radius 3 is 2.68 bits per heavy atom. The molecule has 0 aromatic heterocycles. The van der Waals surface area contributed by atoms with Crippen LogP contribution >= 0.6 is 22.6 Å². The van der Waals surface area contributed by atoms with Crippen molar-refractivity contribution in [3.63, 3.8) is 0 Å². The molecule has 0 saturated carbocycles. The highest BCUT2D eigenvalue weighted by molar-refractivity contribution is 14.1. The monoisotopic (exact) mass is 482 g/mol. The van der Waals surface area contributed by atoms with E-state index in [9.17, 15) is 0 Å². The van der Waals surface area contributed by atoms with Crippen molar-refractivity contribution in [2.24, 2.45) is 5.16 Å². The summed E-state index contributed by atoms with van der Waals surface area (Å²) < 4.78 is 6.93. The molecule has 0 aliphatic heterocycles. The predicted octanol–water partition coefficient (Wildman–Crippen LogP) is 5.60. The minimum Gasteiger partial charge on any atom is -0.488 e. The Labute approximate surface area is 178 Å². The van der Waals surface area contributed by atoms with Gasteiger partial charge in [0.15, 0.2) is 0 Å². The van der Waals surface area contributed by atoms with E-state index in [0.717, 1.165) is 26.0 Å². The third-order valence-electron chi connectivity index (χ3n) is 4.07. The molecule has 0 spiro atoms. The van der Waals surface area contributed by atoms with Crippen LogP contribution in [-0.2, 0) is 18.1 Å². The van der Waals surface area contributed by atoms with Gasteiger partial charge in [-0.05, 0) is 64.9 Å². The first-order valence-corrected chi connectivity index (χ1v) is 9.85. The Morgan fingerprint density at radius 1 is 1.04 bits per heavy atom. The third kappa shape index (κ3) is 5.57. The number of oxime groups is 1. The van der Waals surface area contributed by atoms with Gasteiger partial charge < -0.3 is 9.57 Å². The van der Waals surface area contributed by atoms with Gasteiger partial charge in [-0.3, -0.25) is 0 Å². The van der Waals surface area contributed by atoms with Crippen molar-refractivity contribution in [1.29, 1.82) is 5.26 Å². The maximum atomic E-state index is 9.08. The predicted molar refractivity (Wildman–Crippen MR) is 118 cm³/mol. The number of nitrogens with zero attached hydrogens (tertiary/aromatic N) is 2. The van der Waals surface area contributed by atoms with Crippen molar-refractivity contribution >= 4 is 28.8 Å².